The van der Waals surface area contributed by atoms with Gasteiger partial charge in [0.25, 0.3) is 0 Å². The van der Waals surface area contributed by atoms with Gasteiger partial charge in [-0.1, -0.05) is 24.3 Å². The zero-order chi connectivity index (χ0) is 19.9. The van der Waals surface area contributed by atoms with Crippen molar-refractivity contribution in [3.05, 3.63) is 77.3 Å². The van der Waals surface area contributed by atoms with Crippen LogP contribution in [0.25, 0.3) is 11.3 Å². The van der Waals surface area contributed by atoms with Crippen molar-refractivity contribution in [2.24, 2.45) is 0 Å². The van der Waals surface area contributed by atoms with Gasteiger partial charge in [0.05, 0.1) is 18.4 Å². The lowest BCUT2D eigenvalue weighted by Crippen LogP contribution is -2.23. The van der Waals surface area contributed by atoms with Gasteiger partial charge >= 0.3 is 0 Å². The minimum Gasteiger partial charge on any atom is -0.441 e. The summed E-state index contributed by atoms with van der Waals surface area (Å²) < 4.78 is 37.4. The highest BCUT2D eigenvalue weighted by Gasteiger charge is 2.13. The van der Waals surface area contributed by atoms with Crippen LogP contribution in [-0.2, 0) is 29.1 Å². The third kappa shape index (κ3) is 5.01. The third-order valence-electron chi connectivity index (χ3n) is 4.21. The Morgan fingerprint density at radius 2 is 1.96 bits per heavy atom. The lowest BCUT2D eigenvalue weighted by Gasteiger charge is -2.09. The van der Waals surface area contributed by atoms with E-state index in [4.69, 9.17) is 9.15 Å². The predicted molar refractivity (Wildman–Crippen MR) is 99.2 cm³/mol. The van der Waals surface area contributed by atoms with Crippen molar-refractivity contribution in [2.75, 3.05) is 7.11 Å². The summed E-state index contributed by atoms with van der Waals surface area (Å²) in [6.07, 6.45) is 1.82. The van der Waals surface area contributed by atoms with E-state index < -0.39 is 11.6 Å². The minimum absolute atomic E-state index is 0.124. The first kappa shape index (κ1) is 19.7. The molecule has 0 fully saturated rings. The first-order valence-corrected chi connectivity index (χ1v) is 8.79. The van der Waals surface area contributed by atoms with Gasteiger partial charge in [-0.3, -0.25) is 4.79 Å². The number of aromatic nitrogens is 1. The Morgan fingerprint density at radius 3 is 2.71 bits per heavy atom. The van der Waals surface area contributed by atoms with Crippen molar-refractivity contribution in [3.8, 4) is 11.3 Å². The minimum atomic E-state index is -0.727. The lowest BCUT2D eigenvalue weighted by atomic mass is 10.1. The maximum Gasteiger partial charge on any atom is 0.220 e. The molecule has 3 rings (SSSR count). The van der Waals surface area contributed by atoms with Gasteiger partial charge in [-0.05, 0) is 23.3 Å². The first-order chi connectivity index (χ1) is 13.6. The molecule has 1 amide bonds. The first-order valence-electron chi connectivity index (χ1n) is 8.79. The Morgan fingerprint density at radius 1 is 1.18 bits per heavy atom. The summed E-state index contributed by atoms with van der Waals surface area (Å²) >= 11 is 0. The van der Waals surface area contributed by atoms with E-state index in [0.29, 0.717) is 19.0 Å². The molecule has 0 unspecified atom stereocenters. The van der Waals surface area contributed by atoms with Crippen LogP contribution in [0.5, 0.6) is 0 Å². The summed E-state index contributed by atoms with van der Waals surface area (Å²) in [4.78, 5) is 16.2. The number of rotatable bonds is 8. The van der Waals surface area contributed by atoms with E-state index in [1.165, 1.54) is 12.3 Å². The largest absolute Gasteiger partial charge is 0.441 e. The molecular weight excluding hydrogens is 366 g/mol. The molecule has 1 N–H and O–H groups in total. The van der Waals surface area contributed by atoms with Crippen LogP contribution in [0.1, 0.15) is 23.4 Å². The topological polar surface area (TPSA) is 64.4 Å². The molecule has 0 saturated carbocycles. The number of carbonyl (C=O) groups excluding carboxylic acids is 1. The summed E-state index contributed by atoms with van der Waals surface area (Å²) in [5.41, 5.74) is 2.13. The second-order valence-electron chi connectivity index (χ2n) is 6.22. The van der Waals surface area contributed by atoms with Crippen molar-refractivity contribution in [1.82, 2.24) is 10.3 Å². The van der Waals surface area contributed by atoms with E-state index in [-0.39, 0.29) is 30.1 Å². The Kier molecular flexibility index (Phi) is 6.49. The van der Waals surface area contributed by atoms with Crippen LogP contribution in [0.15, 0.2) is 53.1 Å². The molecule has 5 nitrogen and oxygen atoms in total. The van der Waals surface area contributed by atoms with Gasteiger partial charge in [0, 0.05) is 32.6 Å². The van der Waals surface area contributed by atoms with Gasteiger partial charge in [0.2, 0.25) is 5.91 Å². The normalized spacial score (nSPS) is 10.8. The number of nitrogens with one attached hydrogen (secondary N) is 1. The molecule has 3 aromatic rings. The van der Waals surface area contributed by atoms with Crippen LogP contribution in [0.3, 0.4) is 0 Å². The quantitative estimate of drug-likeness (QED) is 0.635. The van der Waals surface area contributed by atoms with E-state index in [1.807, 2.05) is 24.3 Å². The number of methoxy groups -OCH3 is 1. The van der Waals surface area contributed by atoms with Gasteiger partial charge in [0.1, 0.15) is 11.6 Å². The molecule has 1 aromatic heterocycles. The maximum atomic E-state index is 13.8. The molecule has 0 aliphatic rings. The summed E-state index contributed by atoms with van der Waals surface area (Å²) in [6, 6.07) is 10.9. The van der Waals surface area contributed by atoms with Gasteiger partial charge in [-0.2, -0.15) is 0 Å². The van der Waals surface area contributed by atoms with Crippen LogP contribution >= 0.6 is 0 Å². The Hall–Kier alpha value is -3.06. The van der Waals surface area contributed by atoms with Crippen LogP contribution < -0.4 is 5.32 Å². The van der Waals surface area contributed by atoms with Gasteiger partial charge in [-0.15, -0.1) is 0 Å². The van der Waals surface area contributed by atoms with Crippen molar-refractivity contribution in [1.29, 1.82) is 0 Å². The van der Waals surface area contributed by atoms with Crippen molar-refractivity contribution >= 4 is 5.91 Å². The maximum absolute atomic E-state index is 13.8. The van der Waals surface area contributed by atoms with Crippen molar-refractivity contribution < 1.29 is 22.7 Å². The molecule has 146 valence electrons. The average molecular weight is 386 g/mol. The molecule has 1 heterocycles. The Bertz CT molecular complexity index is 956. The Labute approximate surface area is 161 Å². The second kappa shape index (κ2) is 9.23. The molecule has 0 aliphatic carbocycles. The fourth-order valence-electron chi connectivity index (χ4n) is 2.77. The molecule has 0 radical (unpaired) electrons. The number of nitrogens with zero attached hydrogens (tertiary/aromatic N) is 1. The Balaban J connectivity index is 1.53. The number of halogens is 2. The molecule has 2 aromatic carbocycles. The number of oxazole rings is 1. The van der Waals surface area contributed by atoms with Crippen LogP contribution in [-0.4, -0.2) is 18.0 Å². The second-order valence-corrected chi connectivity index (χ2v) is 6.22. The predicted octanol–water partition coefficient (Wildman–Crippen LogP) is 4.02. The van der Waals surface area contributed by atoms with Gasteiger partial charge in [0.15, 0.2) is 11.7 Å². The lowest BCUT2D eigenvalue weighted by molar-refractivity contribution is -0.121. The number of amides is 1. The van der Waals surface area contributed by atoms with Gasteiger partial charge < -0.3 is 14.5 Å². The van der Waals surface area contributed by atoms with Crippen molar-refractivity contribution in [2.45, 2.75) is 26.0 Å². The zero-order valence-corrected chi connectivity index (χ0v) is 15.4. The SMILES string of the molecule is COCc1ccccc1CNC(=O)CCc1ncc(-c2ccc(F)cc2F)o1. The zero-order valence-electron chi connectivity index (χ0n) is 15.4. The van der Waals surface area contributed by atoms with E-state index in [1.54, 1.807) is 7.11 Å². The molecule has 0 bridgehead atoms. The molecule has 0 atom stereocenters. The van der Waals surface area contributed by atoms with E-state index >= 15 is 0 Å². The van der Waals surface area contributed by atoms with E-state index in [2.05, 4.69) is 10.3 Å². The number of aryl methyl sites for hydroxylation is 1. The number of carbonyl (C=O) groups is 1. The number of hydrogen-bond acceptors (Lipinski definition) is 4. The van der Waals surface area contributed by atoms with Crippen LogP contribution in [0.2, 0.25) is 0 Å². The summed E-state index contributed by atoms with van der Waals surface area (Å²) in [5, 5.41) is 2.86. The molecule has 0 spiro atoms. The number of benzene rings is 2. The molecule has 0 saturated heterocycles. The summed E-state index contributed by atoms with van der Waals surface area (Å²) in [5.74, 6) is -1.03. The highest BCUT2D eigenvalue weighted by atomic mass is 19.1. The average Bonchev–Trinajstić information content (AvgIpc) is 3.14. The molecule has 0 aliphatic heterocycles. The monoisotopic (exact) mass is 386 g/mol. The number of hydrogen-bond donors (Lipinski definition) is 1. The fraction of sp³-hybridized carbons (Fsp3) is 0.238. The summed E-state index contributed by atoms with van der Waals surface area (Å²) in [7, 11) is 1.62. The third-order valence-corrected chi connectivity index (χ3v) is 4.21. The standard InChI is InChI=1S/C21H20F2N2O3/c1-27-13-15-5-3-2-4-14(15)11-24-20(26)8-9-21-25-12-19(28-21)17-7-6-16(22)10-18(17)23/h2-7,10,12H,8-9,11,13H2,1H3,(H,24,26). The summed E-state index contributed by atoms with van der Waals surface area (Å²) in [6.45, 7) is 0.876. The highest BCUT2D eigenvalue weighted by molar-refractivity contribution is 5.76. The molecular formula is C21H20F2N2O3. The van der Waals surface area contributed by atoms with Gasteiger partial charge in [-0.25, -0.2) is 13.8 Å². The molecule has 28 heavy (non-hydrogen) atoms. The van der Waals surface area contributed by atoms with Crippen LogP contribution in [0, 0.1) is 11.6 Å². The van der Waals surface area contributed by atoms with E-state index in [9.17, 15) is 13.6 Å². The van der Waals surface area contributed by atoms with Crippen molar-refractivity contribution in [3.63, 3.8) is 0 Å². The smallest absolute Gasteiger partial charge is 0.220 e. The number of ether oxygens (including phenoxy) is 1. The van der Waals surface area contributed by atoms with E-state index in [0.717, 1.165) is 23.3 Å². The van der Waals surface area contributed by atoms with Crippen LogP contribution in [0.4, 0.5) is 8.78 Å². The molecule has 7 heteroatoms. The fourth-order valence-corrected chi connectivity index (χ4v) is 2.77. The highest BCUT2D eigenvalue weighted by Crippen LogP contribution is 2.24.